The van der Waals surface area contributed by atoms with Gasteiger partial charge in [0.15, 0.2) is 11.5 Å². The maximum Gasteiger partial charge on any atom is 0.180 e. The molecule has 0 unspecified atom stereocenters. The Morgan fingerprint density at radius 3 is 2.52 bits per heavy atom. The first-order chi connectivity index (χ1) is 12.3. The van der Waals surface area contributed by atoms with Crippen LogP contribution in [-0.2, 0) is 0 Å². The van der Waals surface area contributed by atoms with E-state index in [-0.39, 0.29) is 12.4 Å². The first-order valence-corrected chi connectivity index (χ1v) is 8.42. The molecule has 0 aliphatic carbocycles. The quantitative estimate of drug-likeness (QED) is 0.782. The second-order valence-electron chi connectivity index (χ2n) is 6.15. The molecule has 0 bridgehead atoms. The molecule has 2 aromatic heterocycles. The highest BCUT2D eigenvalue weighted by Gasteiger charge is 2.21. The van der Waals surface area contributed by atoms with Crippen molar-refractivity contribution in [2.45, 2.75) is 0 Å². The van der Waals surface area contributed by atoms with Crippen molar-refractivity contribution in [1.82, 2.24) is 19.3 Å². The Hall–Kier alpha value is -2.51. The lowest BCUT2D eigenvalue weighted by Gasteiger charge is -2.35. The zero-order valence-corrected chi connectivity index (χ0v) is 13.8. The number of hydrogen-bond acceptors (Lipinski definition) is 5. The van der Waals surface area contributed by atoms with E-state index in [0.717, 1.165) is 48.9 Å². The molecule has 0 spiro atoms. The van der Waals surface area contributed by atoms with Gasteiger partial charge in [-0.15, -0.1) is 0 Å². The first kappa shape index (κ1) is 16.0. The number of imidazole rings is 1. The van der Waals surface area contributed by atoms with Crippen LogP contribution in [0, 0.1) is 5.82 Å². The molecule has 130 valence electrons. The molecule has 6 nitrogen and oxygen atoms in total. The van der Waals surface area contributed by atoms with Gasteiger partial charge in [0.05, 0.1) is 18.5 Å². The fourth-order valence-corrected chi connectivity index (χ4v) is 3.29. The number of piperazine rings is 1. The van der Waals surface area contributed by atoms with Crippen molar-refractivity contribution >= 4 is 11.5 Å². The fourth-order valence-electron chi connectivity index (χ4n) is 3.29. The van der Waals surface area contributed by atoms with Gasteiger partial charge in [-0.05, 0) is 24.3 Å². The highest BCUT2D eigenvalue weighted by atomic mass is 19.1. The van der Waals surface area contributed by atoms with Gasteiger partial charge in [-0.3, -0.25) is 9.30 Å². The van der Waals surface area contributed by atoms with Crippen LogP contribution < -0.4 is 4.90 Å². The smallest absolute Gasteiger partial charge is 0.180 e. The lowest BCUT2D eigenvalue weighted by atomic mass is 10.1. The molecule has 3 aromatic rings. The Morgan fingerprint density at radius 1 is 1.04 bits per heavy atom. The standard InChI is InChI=1S/C18H20FN5O/c19-15-3-1-14(2-4-15)16-13-21-17(18-20-5-6-24(16)18)23-9-7-22(8-10-23)11-12-25/h1-6,13,25H,7-12H2. The molecule has 3 heterocycles. The Balaban J connectivity index is 1.65. The van der Waals surface area contributed by atoms with E-state index in [1.54, 1.807) is 18.3 Å². The van der Waals surface area contributed by atoms with E-state index in [2.05, 4.69) is 19.8 Å². The van der Waals surface area contributed by atoms with Gasteiger partial charge in [0.25, 0.3) is 0 Å². The Labute approximate surface area is 145 Å². The number of anilines is 1. The number of fused-ring (bicyclic) bond motifs is 1. The van der Waals surface area contributed by atoms with Gasteiger partial charge in [-0.2, -0.15) is 0 Å². The molecule has 1 saturated heterocycles. The summed E-state index contributed by atoms with van der Waals surface area (Å²) in [6, 6.07) is 6.40. The molecule has 1 N–H and O–H groups in total. The number of aliphatic hydroxyl groups excluding tert-OH is 1. The predicted octanol–water partition coefficient (Wildman–Crippen LogP) is 1.65. The summed E-state index contributed by atoms with van der Waals surface area (Å²) >= 11 is 0. The van der Waals surface area contributed by atoms with Crippen molar-refractivity contribution in [3.05, 3.63) is 48.7 Å². The molecule has 1 aliphatic heterocycles. The molecular weight excluding hydrogens is 321 g/mol. The summed E-state index contributed by atoms with van der Waals surface area (Å²) in [6.45, 7) is 4.40. The van der Waals surface area contributed by atoms with Gasteiger partial charge in [0, 0.05) is 50.7 Å². The minimum absolute atomic E-state index is 0.190. The van der Waals surface area contributed by atoms with Crippen LogP contribution in [-0.4, -0.2) is 63.7 Å². The van der Waals surface area contributed by atoms with Crippen LogP contribution >= 0.6 is 0 Å². The van der Waals surface area contributed by atoms with Gasteiger partial charge in [-0.25, -0.2) is 14.4 Å². The van der Waals surface area contributed by atoms with Crippen LogP contribution in [0.4, 0.5) is 10.2 Å². The van der Waals surface area contributed by atoms with Gasteiger partial charge in [-0.1, -0.05) is 0 Å². The van der Waals surface area contributed by atoms with Crippen LogP contribution in [0.3, 0.4) is 0 Å². The number of halogens is 1. The molecule has 25 heavy (non-hydrogen) atoms. The Morgan fingerprint density at radius 2 is 1.80 bits per heavy atom. The Bertz CT molecular complexity index is 856. The number of β-amino-alcohol motifs (C(OH)–C–C–N with tert-alkyl or cyclic N) is 1. The molecule has 0 saturated carbocycles. The van der Waals surface area contributed by atoms with Crippen molar-refractivity contribution < 1.29 is 9.50 Å². The number of benzene rings is 1. The topological polar surface area (TPSA) is 56.9 Å². The second-order valence-corrected chi connectivity index (χ2v) is 6.15. The maximum atomic E-state index is 13.2. The van der Waals surface area contributed by atoms with Gasteiger partial charge < -0.3 is 10.0 Å². The SMILES string of the molecule is OCCN1CCN(c2ncc(-c3ccc(F)cc3)n3ccnc23)CC1. The average Bonchev–Trinajstić information content (AvgIpc) is 3.13. The van der Waals surface area contributed by atoms with Crippen molar-refractivity contribution in [3.8, 4) is 11.3 Å². The van der Waals surface area contributed by atoms with Crippen LogP contribution in [0.25, 0.3) is 16.9 Å². The third-order valence-electron chi connectivity index (χ3n) is 4.64. The van der Waals surface area contributed by atoms with Crippen LogP contribution in [0.1, 0.15) is 0 Å². The molecule has 1 aromatic carbocycles. The van der Waals surface area contributed by atoms with Crippen molar-refractivity contribution in [3.63, 3.8) is 0 Å². The highest BCUT2D eigenvalue weighted by molar-refractivity contribution is 5.71. The minimum atomic E-state index is -0.254. The zero-order chi connectivity index (χ0) is 17.2. The van der Waals surface area contributed by atoms with E-state index >= 15 is 0 Å². The Kier molecular flexibility index (Phi) is 4.33. The summed E-state index contributed by atoms with van der Waals surface area (Å²) in [5, 5.41) is 9.07. The molecular formula is C18H20FN5O. The highest BCUT2D eigenvalue weighted by Crippen LogP contribution is 2.26. The van der Waals surface area contributed by atoms with Crippen molar-refractivity contribution in [2.75, 3.05) is 44.2 Å². The zero-order valence-electron chi connectivity index (χ0n) is 13.8. The van der Waals surface area contributed by atoms with Gasteiger partial charge in [0.2, 0.25) is 0 Å². The number of aliphatic hydroxyl groups is 1. The summed E-state index contributed by atoms with van der Waals surface area (Å²) in [4.78, 5) is 13.6. The minimum Gasteiger partial charge on any atom is -0.395 e. The van der Waals surface area contributed by atoms with Crippen LogP contribution in [0.5, 0.6) is 0 Å². The molecule has 7 heteroatoms. The molecule has 0 amide bonds. The fraction of sp³-hybridized carbons (Fsp3) is 0.333. The molecule has 1 aliphatic rings. The third-order valence-corrected chi connectivity index (χ3v) is 4.64. The van der Waals surface area contributed by atoms with Crippen molar-refractivity contribution in [2.24, 2.45) is 0 Å². The van der Waals surface area contributed by atoms with E-state index in [1.165, 1.54) is 12.1 Å². The number of hydrogen-bond donors (Lipinski definition) is 1. The number of nitrogens with zero attached hydrogens (tertiary/aromatic N) is 5. The van der Waals surface area contributed by atoms with E-state index in [0.29, 0.717) is 6.54 Å². The lowest BCUT2D eigenvalue weighted by Crippen LogP contribution is -2.47. The number of aromatic nitrogens is 3. The summed E-state index contributed by atoms with van der Waals surface area (Å²) in [7, 11) is 0. The van der Waals surface area contributed by atoms with E-state index < -0.39 is 0 Å². The summed E-state index contributed by atoms with van der Waals surface area (Å²) in [5.74, 6) is 0.607. The van der Waals surface area contributed by atoms with E-state index in [1.807, 2.05) is 16.8 Å². The third kappa shape index (κ3) is 3.08. The summed E-state index contributed by atoms with van der Waals surface area (Å²) in [5.41, 5.74) is 2.59. The second kappa shape index (κ2) is 6.78. The van der Waals surface area contributed by atoms with Crippen LogP contribution in [0.2, 0.25) is 0 Å². The van der Waals surface area contributed by atoms with Crippen LogP contribution in [0.15, 0.2) is 42.9 Å². The lowest BCUT2D eigenvalue weighted by molar-refractivity contribution is 0.188. The summed E-state index contributed by atoms with van der Waals surface area (Å²) < 4.78 is 15.2. The normalized spacial score (nSPS) is 15.8. The summed E-state index contributed by atoms with van der Waals surface area (Å²) in [6.07, 6.45) is 5.48. The first-order valence-electron chi connectivity index (χ1n) is 8.42. The number of rotatable bonds is 4. The van der Waals surface area contributed by atoms with Gasteiger partial charge >= 0.3 is 0 Å². The van der Waals surface area contributed by atoms with Gasteiger partial charge in [0.1, 0.15) is 5.82 Å². The average molecular weight is 341 g/mol. The molecule has 0 atom stereocenters. The van der Waals surface area contributed by atoms with E-state index in [4.69, 9.17) is 5.11 Å². The maximum absolute atomic E-state index is 13.2. The molecule has 0 radical (unpaired) electrons. The largest absolute Gasteiger partial charge is 0.395 e. The van der Waals surface area contributed by atoms with Crippen molar-refractivity contribution in [1.29, 1.82) is 0 Å². The monoisotopic (exact) mass is 341 g/mol. The molecule has 1 fully saturated rings. The van der Waals surface area contributed by atoms with E-state index in [9.17, 15) is 4.39 Å². The predicted molar refractivity (Wildman–Crippen MR) is 94.1 cm³/mol. The molecule has 4 rings (SSSR count).